The summed E-state index contributed by atoms with van der Waals surface area (Å²) < 4.78 is 25.6. The molecule has 128 valence electrons. The lowest BCUT2D eigenvalue weighted by Crippen LogP contribution is -2.30. The molecule has 0 saturated heterocycles. The van der Waals surface area contributed by atoms with E-state index in [0.29, 0.717) is 5.56 Å². The highest BCUT2D eigenvalue weighted by atomic mass is 32.2. The Morgan fingerprint density at radius 1 is 0.958 bits per heavy atom. The van der Waals surface area contributed by atoms with Crippen molar-refractivity contribution in [2.45, 2.75) is 17.9 Å². The SMILES string of the molecule is CC(c1ccccc1)N(C)C(=O)c1cccc(S(=O)(=O)N(C)C)c1. The van der Waals surface area contributed by atoms with Crippen molar-refractivity contribution in [3.8, 4) is 0 Å². The summed E-state index contributed by atoms with van der Waals surface area (Å²) in [7, 11) is 1.08. The minimum Gasteiger partial charge on any atom is -0.335 e. The van der Waals surface area contributed by atoms with Gasteiger partial charge in [0, 0.05) is 26.7 Å². The fourth-order valence-corrected chi connectivity index (χ4v) is 3.28. The Morgan fingerprint density at radius 3 is 2.17 bits per heavy atom. The normalized spacial score (nSPS) is 12.9. The molecular weight excluding hydrogens is 324 g/mol. The standard InChI is InChI=1S/C18H22N2O3S/c1-14(15-9-6-5-7-10-15)20(4)18(21)16-11-8-12-17(13-16)24(22,23)19(2)3/h5-14H,1-4H3. The summed E-state index contributed by atoms with van der Waals surface area (Å²) in [4.78, 5) is 14.4. The van der Waals surface area contributed by atoms with E-state index in [9.17, 15) is 13.2 Å². The molecule has 0 N–H and O–H groups in total. The third kappa shape index (κ3) is 3.66. The van der Waals surface area contributed by atoms with E-state index in [-0.39, 0.29) is 16.8 Å². The zero-order chi connectivity index (χ0) is 17.9. The molecule has 0 aliphatic carbocycles. The van der Waals surface area contributed by atoms with Gasteiger partial charge < -0.3 is 4.90 Å². The van der Waals surface area contributed by atoms with E-state index in [1.165, 1.54) is 26.2 Å². The minimum absolute atomic E-state index is 0.110. The molecule has 0 aromatic heterocycles. The Hall–Kier alpha value is -2.18. The van der Waals surface area contributed by atoms with Crippen LogP contribution in [0.2, 0.25) is 0 Å². The highest BCUT2D eigenvalue weighted by Crippen LogP contribution is 2.22. The number of rotatable bonds is 5. The van der Waals surface area contributed by atoms with Gasteiger partial charge in [0.1, 0.15) is 0 Å². The van der Waals surface area contributed by atoms with Crippen molar-refractivity contribution in [2.75, 3.05) is 21.1 Å². The molecule has 5 nitrogen and oxygen atoms in total. The average Bonchev–Trinajstić information content (AvgIpc) is 2.60. The Labute approximate surface area is 143 Å². The van der Waals surface area contributed by atoms with Gasteiger partial charge in [0.05, 0.1) is 10.9 Å². The summed E-state index contributed by atoms with van der Waals surface area (Å²) in [6.45, 7) is 1.94. The first kappa shape index (κ1) is 18.2. The molecule has 0 saturated carbocycles. The van der Waals surface area contributed by atoms with Gasteiger partial charge in [0.15, 0.2) is 0 Å². The highest BCUT2D eigenvalue weighted by molar-refractivity contribution is 7.89. The van der Waals surface area contributed by atoms with Crippen LogP contribution in [0.1, 0.15) is 28.9 Å². The summed E-state index contributed by atoms with van der Waals surface area (Å²) in [5.41, 5.74) is 1.37. The largest absolute Gasteiger partial charge is 0.335 e. The number of sulfonamides is 1. The summed E-state index contributed by atoms with van der Waals surface area (Å²) in [6, 6.07) is 15.7. The fourth-order valence-electron chi connectivity index (χ4n) is 2.34. The first-order valence-electron chi connectivity index (χ1n) is 7.60. The summed E-state index contributed by atoms with van der Waals surface area (Å²) in [5, 5.41) is 0. The van der Waals surface area contributed by atoms with Crippen molar-refractivity contribution in [1.82, 2.24) is 9.21 Å². The third-order valence-corrected chi connectivity index (χ3v) is 5.85. The van der Waals surface area contributed by atoms with Gasteiger partial charge in [-0.15, -0.1) is 0 Å². The number of amides is 1. The van der Waals surface area contributed by atoms with E-state index < -0.39 is 10.0 Å². The van der Waals surface area contributed by atoms with E-state index in [1.807, 2.05) is 37.3 Å². The zero-order valence-corrected chi connectivity index (χ0v) is 15.1. The molecule has 24 heavy (non-hydrogen) atoms. The van der Waals surface area contributed by atoms with E-state index >= 15 is 0 Å². The van der Waals surface area contributed by atoms with Gasteiger partial charge in [-0.1, -0.05) is 36.4 Å². The lowest BCUT2D eigenvalue weighted by molar-refractivity contribution is 0.0742. The molecular formula is C18H22N2O3S. The monoisotopic (exact) mass is 346 g/mol. The molecule has 1 amide bonds. The van der Waals surface area contributed by atoms with Crippen molar-refractivity contribution in [3.63, 3.8) is 0 Å². The first-order valence-corrected chi connectivity index (χ1v) is 9.04. The summed E-state index contributed by atoms with van der Waals surface area (Å²) in [6.07, 6.45) is 0. The Balaban J connectivity index is 2.30. The molecule has 1 unspecified atom stereocenters. The van der Waals surface area contributed by atoms with Gasteiger partial charge in [-0.25, -0.2) is 12.7 Å². The number of benzene rings is 2. The quantitative estimate of drug-likeness (QED) is 0.836. The predicted octanol–water partition coefficient (Wildman–Crippen LogP) is 2.77. The maximum atomic E-state index is 12.7. The van der Waals surface area contributed by atoms with Crippen LogP contribution in [0.3, 0.4) is 0 Å². The maximum absolute atomic E-state index is 12.7. The van der Waals surface area contributed by atoms with Crippen LogP contribution in [0.5, 0.6) is 0 Å². The van der Waals surface area contributed by atoms with Gasteiger partial charge in [-0.2, -0.15) is 0 Å². The lowest BCUT2D eigenvalue weighted by atomic mass is 10.1. The molecule has 1 atom stereocenters. The Morgan fingerprint density at radius 2 is 1.58 bits per heavy atom. The number of hydrogen-bond acceptors (Lipinski definition) is 3. The lowest BCUT2D eigenvalue weighted by Gasteiger charge is -2.25. The molecule has 0 aliphatic rings. The number of nitrogens with zero attached hydrogens (tertiary/aromatic N) is 2. The van der Waals surface area contributed by atoms with Crippen LogP contribution in [-0.4, -0.2) is 44.7 Å². The van der Waals surface area contributed by atoms with Gasteiger partial charge in [-0.3, -0.25) is 4.79 Å². The van der Waals surface area contributed by atoms with Crippen molar-refractivity contribution in [1.29, 1.82) is 0 Å². The van der Waals surface area contributed by atoms with Gasteiger partial charge in [0.25, 0.3) is 5.91 Å². The second kappa shape index (κ2) is 7.15. The zero-order valence-electron chi connectivity index (χ0n) is 14.3. The first-order chi connectivity index (χ1) is 11.2. The molecule has 0 aliphatic heterocycles. The number of carbonyl (C=O) groups is 1. The van der Waals surface area contributed by atoms with Crippen LogP contribution in [0.15, 0.2) is 59.5 Å². The fraction of sp³-hybridized carbons (Fsp3) is 0.278. The van der Waals surface area contributed by atoms with Crippen molar-refractivity contribution in [3.05, 3.63) is 65.7 Å². The molecule has 0 radical (unpaired) electrons. The molecule has 2 aromatic rings. The van der Waals surface area contributed by atoms with Crippen LogP contribution in [-0.2, 0) is 10.0 Å². The maximum Gasteiger partial charge on any atom is 0.254 e. The van der Waals surface area contributed by atoms with Crippen LogP contribution in [0.4, 0.5) is 0 Å². The topological polar surface area (TPSA) is 57.7 Å². The second-order valence-electron chi connectivity index (χ2n) is 5.82. The number of carbonyl (C=O) groups excluding carboxylic acids is 1. The van der Waals surface area contributed by atoms with Crippen molar-refractivity contribution in [2.24, 2.45) is 0 Å². The molecule has 0 fully saturated rings. The Kier molecular flexibility index (Phi) is 5.41. The van der Waals surface area contributed by atoms with Crippen LogP contribution in [0, 0.1) is 0 Å². The molecule has 0 bridgehead atoms. The smallest absolute Gasteiger partial charge is 0.254 e. The number of hydrogen-bond donors (Lipinski definition) is 0. The van der Waals surface area contributed by atoms with Crippen LogP contribution >= 0.6 is 0 Å². The van der Waals surface area contributed by atoms with E-state index in [4.69, 9.17) is 0 Å². The molecule has 0 spiro atoms. The summed E-state index contributed by atoms with van der Waals surface area (Å²) in [5.74, 6) is -0.220. The van der Waals surface area contributed by atoms with Crippen LogP contribution in [0.25, 0.3) is 0 Å². The van der Waals surface area contributed by atoms with Crippen LogP contribution < -0.4 is 0 Å². The minimum atomic E-state index is -3.57. The summed E-state index contributed by atoms with van der Waals surface area (Å²) >= 11 is 0. The average molecular weight is 346 g/mol. The highest BCUT2D eigenvalue weighted by Gasteiger charge is 2.22. The van der Waals surface area contributed by atoms with Gasteiger partial charge in [-0.05, 0) is 30.7 Å². The second-order valence-corrected chi connectivity index (χ2v) is 7.97. The van der Waals surface area contributed by atoms with Crippen molar-refractivity contribution < 1.29 is 13.2 Å². The Bertz CT molecular complexity index is 817. The van der Waals surface area contributed by atoms with E-state index in [1.54, 1.807) is 24.1 Å². The molecule has 6 heteroatoms. The molecule has 2 rings (SSSR count). The van der Waals surface area contributed by atoms with Gasteiger partial charge in [0.2, 0.25) is 10.0 Å². The van der Waals surface area contributed by atoms with E-state index in [0.717, 1.165) is 9.87 Å². The molecule has 2 aromatic carbocycles. The molecule has 0 heterocycles. The third-order valence-electron chi connectivity index (χ3n) is 4.04. The van der Waals surface area contributed by atoms with Crippen molar-refractivity contribution >= 4 is 15.9 Å². The van der Waals surface area contributed by atoms with E-state index in [2.05, 4.69) is 0 Å². The predicted molar refractivity (Wildman–Crippen MR) is 94.3 cm³/mol. The van der Waals surface area contributed by atoms with Gasteiger partial charge >= 0.3 is 0 Å².